The number of carbonyl (C=O) groups is 1. The van der Waals surface area contributed by atoms with Crippen molar-refractivity contribution >= 4 is 12.0 Å². The summed E-state index contributed by atoms with van der Waals surface area (Å²) < 4.78 is 0. The normalized spacial score (nSPS) is 37.6. The Morgan fingerprint density at radius 3 is 2.93 bits per heavy atom. The van der Waals surface area contributed by atoms with Crippen LogP contribution in [-0.2, 0) is 9.59 Å². The Labute approximate surface area is 88.4 Å². The molecule has 2 fully saturated rings. The Morgan fingerprint density at radius 1 is 1.53 bits per heavy atom. The monoisotopic (exact) mass is 209 g/mol. The Morgan fingerprint density at radius 2 is 2.33 bits per heavy atom. The van der Waals surface area contributed by atoms with Crippen LogP contribution in [0.3, 0.4) is 0 Å². The Bertz CT molecular complexity index is 316. The summed E-state index contributed by atoms with van der Waals surface area (Å²) in [6, 6.07) is 0. The quantitative estimate of drug-likeness (QED) is 0.565. The molecule has 82 valence electrons. The van der Waals surface area contributed by atoms with Gasteiger partial charge in [-0.15, -0.1) is 0 Å². The lowest BCUT2D eigenvalue weighted by Gasteiger charge is -2.51. The number of nitrogens with zero attached hydrogens (tertiary/aromatic N) is 1. The van der Waals surface area contributed by atoms with E-state index in [-0.39, 0.29) is 11.8 Å². The second-order valence-electron chi connectivity index (χ2n) is 4.84. The molecule has 2 rings (SSSR count). The molecule has 0 heterocycles. The van der Waals surface area contributed by atoms with Gasteiger partial charge in [-0.05, 0) is 24.7 Å². The van der Waals surface area contributed by atoms with Crippen LogP contribution >= 0.6 is 0 Å². The Hall–Kier alpha value is -1.15. The maximum absolute atomic E-state index is 10.8. The van der Waals surface area contributed by atoms with E-state index >= 15 is 0 Å². The minimum Gasteiger partial charge on any atom is -0.481 e. The summed E-state index contributed by atoms with van der Waals surface area (Å²) in [6.07, 6.45) is 6.12. The Balaban J connectivity index is 2.09. The lowest BCUT2D eigenvalue weighted by molar-refractivity contribution is -0.145. The van der Waals surface area contributed by atoms with Crippen LogP contribution in [0.2, 0.25) is 0 Å². The van der Waals surface area contributed by atoms with Crippen LogP contribution in [0.1, 0.15) is 32.1 Å². The molecule has 3 atom stereocenters. The van der Waals surface area contributed by atoms with Gasteiger partial charge in [0.1, 0.15) is 0 Å². The van der Waals surface area contributed by atoms with Gasteiger partial charge in [0.2, 0.25) is 6.08 Å². The summed E-state index contributed by atoms with van der Waals surface area (Å²) in [5.41, 5.74) is -0.232. The number of aliphatic imine (C=N–C) groups is 1. The van der Waals surface area contributed by atoms with Crippen LogP contribution in [-0.4, -0.2) is 23.7 Å². The summed E-state index contributed by atoms with van der Waals surface area (Å²) in [4.78, 5) is 24.6. The summed E-state index contributed by atoms with van der Waals surface area (Å²) in [7, 11) is 0. The average Bonchev–Trinajstić information content (AvgIpc) is 2.55. The van der Waals surface area contributed by atoms with Gasteiger partial charge in [0.05, 0.1) is 13.0 Å². The van der Waals surface area contributed by atoms with Gasteiger partial charge in [0.25, 0.3) is 0 Å². The zero-order chi connectivity index (χ0) is 10.9. The highest BCUT2D eigenvalue weighted by atomic mass is 16.4. The first-order valence-corrected chi connectivity index (χ1v) is 5.43. The number of isocyanates is 1. The SMILES string of the molecule is O=C=NC[C@@]1(CC(=O)O)C[C@@H]2CCC[C@@H]21. The van der Waals surface area contributed by atoms with E-state index in [2.05, 4.69) is 4.99 Å². The fourth-order valence-corrected chi connectivity index (χ4v) is 3.53. The van der Waals surface area contributed by atoms with Crippen molar-refractivity contribution in [2.75, 3.05) is 6.54 Å². The lowest BCUT2D eigenvalue weighted by Crippen LogP contribution is -2.48. The number of rotatable bonds is 4. The van der Waals surface area contributed by atoms with E-state index in [0.29, 0.717) is 18.4 Å². The molecule has 0 radical (unpaired) electrons. The standard InChI is InChI=1S/C11H15NO3/c13-7-12-6-11(5-10(14)15)4-8-2-1-3-9(8)11/h8-9H,1-6H2,(H,14,15)/t8-,9-,11-/m0/s1. The molecule has 0 aromatic carbocycles. The molecule has 0 saturated heterocycles. The van der Waals surface area contributed by atoms with E-state index in [0.717, 1.165) is 12.8 Å². The molecule has 0 aliphatic heterocycles. The fraction of sp³-hybridized carbons (Fsp3) is 0.818. The van der Waals surface area contributed by atoms with E-state index in [1.165, 1.54) is 18.9 Å². The molecule has 2 aliphatic rings. The molecule has 2 aliphatic carbocycles. The zero-order valence-electron chi connectivity index (χ0n) is 8.61. The van der Waals surface area contributed by atoms with E-state index < -0.39 is 5.97 Å². The van der Waals surface area contributed by atoms with Gasteiger partial charge in [0.15, 0.2) is 0 Å². The van der Waals surface area contributed by atoms with Crippen molar-refractivity contribution in [3.05, 3.63) is 0 Å². The average molecular weight is 209 g/mol. The third-order valence-corrected chi connectivity index (χ3v) is 4.08. The first-order chi connectivity index (χ1) is 7.18. The molecule has 15 heavy (non-hydrogen) atoms. The number of carboxylic acids is 1. The van der Waals surface area contributed by atoms with Crippen molar-refractivity contribution in [2.24, 2.45) is 22.2 Å². The molecular formula is C11H15NO3. The summed E-state index contributed by atoms with van der Waals surface area (Å²) in [6.45, 7) is 0.351. The molecule has 0 bridgehead atoms. The van der Waals surface area contributed by atoms with Crippen molar-refractivity contribution in [3.63, 3.8) is 0 Å². The van der Waals surface area contributed by atoms with E-state index in [9.17, 15) is 9.59 Å². The molecule has 4 nitrogen and oxygen atoms in total. The van der Waals surface area contributed by atoms with Crippen LogP contribution in [0, 0.1) is 17.3 Å². The second kappa shape index (κ2) is 3.78. The topological polar surface area (TPSA) is 66.7 Å². The van der Waals surface area contributed by atoms with Crippen LogP contribution in [0.5, 0.6) is 0 Å². The molecule has 0 amide bonds. The molecule has 0 spiro atoms. The van der Waals surface area contributed by atoms with Gasteiger partial charge in [-0.25, -0.2) is 9.79 Å². The number of carbonyl (C=O) groups excluding carboxylic acids is 1. The summed E-state index contributed by atoms with van der Waals surface area (Å²) >= 11 is 0. The summed E-state index contributed by atoms with van der Waals surface area (Å²) in [5, 5.41) is 8.89. The number of hydrogen-bond donors (Lipinski definition) is 1. The fourth-order valence-electron chi connectivity index (χ4n) is 3.53. The van der Waals surface area contributed by atoms with Gasteiger partial charge in [0, 0.05) is 5.41 Å². The molecule has 0 aromatic heterocycles. The number of aliphatic carboxylic acids is 1. The van der Waals surface area contributed by atoms with Gasteiger partial charge in [-0.1, -0.05) is 12.8 Å². The summed E-state index contributed by atoms with van der Waals surface area (Å²) in [5.74, 6) is 0.387. The Kier molecular flexibility index (Phi) is 2.61. The van der Waals surface area contributed by atoms with Crippen molar-refractivity contribution in [2.45, 2.75) is 32.1 Å². The molecule has 4 heteroatoms. The van der Waals surface area contributed by atoms with Gasteiger partial charge >= 0.3 is 5.97 Å². The number of carboxylic acid groups (broad SMARTS) is 1. The van der Waals surface area contributed by atoms with E-state index in [1.54, 1.807) is 0 Å². The van der Waals surface area contributed by atoms with Crippen molar-refractivity contribution in [1.82, 2.24) is 0 Å². The first-order valence-electron chi connectivity index (χ1n) is 5.43. The van der Waals surface area contributed by atoms with E-state index in [4.69, 9.17) is 5.11 Å². The second-order valence-corrected chi connectivity index (χ2v) is 4.84. The van der Waals surface area contributed by atoms with Crippen LogP contribution in [0.25, 0.3) is 0 Å². The smallest absolute Gasteiger partial charge is 0.303 e. The van der Waals surface area contributed by atoms with E-state index in [1.807, 2.05) is 0 Å². The van der Waals surface area contributed by atoms with Gasteiger partial charge in [-0.2, -0.15) is 0 Å². The third kappa shape index (κ3) is 1.70. The maximum atomic E-state index is 10.8. The number of hydrogen-bond acceptors (Lipinski definition) is 3. The molecular weight excluding hydrogens is 194 g/mol. The highest BCUT2D eigenvalue weighted by Gasteiger charge is 2.55. The van der Waals surface area contributed by atoms with Crippen LogP contribution < -0.4 is 0 Å². The molecule has 0 aromatic rings. The molecule has 2 saturated carbocycles. The van der Waals surface area contributed by atoms with Gasteiger partial charge < -0.3 is 5.11 Å². The largest absolute Gasteiger partial charge is 0.481 e. The van der Waals surface area contributed by atoms with Crippen molar-refractivity contribution < 1.29 is 14.7 Å². The predicted octanol–water partition coefficient (Wildman–Crippen LogP) is 1.60. The predicted molar refractivity (Wildman–Crippen MR) is 53.1 cm³/mol. The minimum atomic E-state index is -0.776. The maximum Gasteiger partial charge on any atom is 0.303 e. The highest BCUT2D eigenvalue weighted by molar-refractivity contribution is 5.68. The van der Waals surface area contributed by atoms with Crippen molar-refractivity contribution in [3.8, 4) is 0 Å². The van der Waals surface area contributed by atoms with Gasteiger partial charge in [-0.3, -0.25) is 4.79 Å². The minimum absolute atomic E-state index is 0.152. The van der Waals surface area contributed by atoms with Crippen LogP contribution in [0.4, 0.5) is 0 Å². The first kappa shape index (κ1) is 10.4. The highest BCUT2D eigenvalue weighted by Crippen LogP contribution is 2.60. The molecule has 1 N–H and O–H groups in total. The lowest BCUT2D eigenvalue weighted by atomic mass is 9.53. The molecule has 0 unspecified atom stereocenters. The number of fused-ring (bicyclic) bond motifs is 1. The zero-order valence-corrected chi connectivity index (χ0v) is 8.61. The third-order valence-electron chi connectivity index (χ3n) is 4.08. The van der Waals surface area contributed by atoms with Crippen LogP contribution in [0.15, 0.2) is 4.99 Å². The van der Waals surface area contributed by atoms with Crippen molar-refractivity contribution in [1.29, 1.82) is 0 Å².